The van der Waals surface area contributed by atoms with Crippen LogP contribution in [0.5, 0.6) is 0 Å². The van der Waals surface area contributed by atoms with Gasteiger partial charge < -0.3 is 4.98 Å². The van der Waals surface area contributed by atoms with E-state index in [-0.39, 0.29) is 5.16 Å². The molecule has 0 saturated carbocycles. The molecule has 1 heterocycles. The van der Waals surface area contributed by atoms with Gasteiger partial charge in [-0.15, -0.1) is 0 Å². The monoisotopic (exact) mass is 145 g/mol. The van der Waals surface area contributed by atoms with Gasteiger partial charge in [0.15, 0.2) is 0 Å². The summed E-state index contributed by atoms with van der Waals surface area (Å²) in [5.41, 5.74) is 0. The Balaban J connectivity index is 3.20. The number of nitrogens with zero attached hydrogens (tertiary/aromatic N) is 1. The van der Waals surface area contributed by atoms with E-state index >= 15 is 0 Å². The molecule has 9 heavy (non-hydrogen) atoms. The maximum absolute atomic E-state index is 10.5. The molecule has 0 atom stereocenters. The molecular formula is C4H5N2O2S. The van der Waals surface area contributed by atoms with E-state index in [0.29, 0.717) is 0 Å². The molecule has 0 aliphatic rings. The Bertz CT molecular complexity index is 274. The second-order valence-corrected chi connectivity index (χ2v) is 3.13. The predicted molar refractivity (Wildman–Crippen MR) is 31.1 cm³/mol. The lowest BCUT2D eigenvalue weighted by Gasteiger charge is -1.85. The highest BCUT2D eigenvalue weighted by Crippen LogP contribution is 1.98. The Labute approximate surface area is 52.9 Å². The second-order valence-electron chi connectivity index (χ2n) is 1.51. The average Bonchev–Trinajstić information content (AvgIpc) is 2.08. The van der Waals surface area contributed by atoms with Crippen molar-refractivity contribution in [2.75, 3.05) is 0 Å². The molecule has 0 amide bonds. The van der Waals surface area contributed by atoms with Crippen molar-refractivity contribution in [1.82, 2.24) is 9.97 Å². The van der Waals surface area contributed by atoms with Gasteiger partial charge in [-0.1, -0.05) is 0 Å². The first-order valence-corrected chi connectivity index (χ1v) is 3.83. The average molecular weight is 145 g/mol. The van der Waals surface area contributed by atoms with Crippen LogP contribution in [0.2, 0.25) is 0 Å². The third kappa shape index (κ3) is 1.29. The Morgan fingerprint density at radius 1 is 1.67 bits per heavy atom. The maximum Gasteiger partial charge on any atom is 0.224 e. The van der Waals surface area contributed by atoms with Crippen molar-refractivity contribution in [3.8, 4) is 0 Å². The van der Waals surface area contributed by atoms with E-state index in [1.165, 1.54) is 12.4 Å². The van der Waals surface area contributed by atoms with Gasteiger partial charge in [-0.2, -0.15) is 0 Å². The first-order chi connectivity index (χ1) is 4.11. The molecular weight excluding hydrogens is 140 g/mol. The highest BCUT2D eigenvalue weighted by Gasteiger charge is 2.07. The smallest absolute Gasteiger partial charge is 0.224 e. The third-order valence-corrected chi connectivity index (χ3v) is 1.58. The molecule has 0 bridgehead atoms. The van der Waals surface area contributed by atoms with Crippen molar-refractivity contribution >= 4 is 9.84 Å². The number of aromatic nitrogens is 2. The summed E-state index contributed by atoms with van der Waals surface area (Å²) in [6, 6.07) is 0. The quantitative estimate of drug-likeness (QED) is 0.603. The van der Waals surface area contributed by atoms with Crippen LogP contribution in [-0.2, 0) is 9.84 Å². The number of imidazole rings is 1. The summed E-state index contributed by atoms with van der Waals surface area (Å²) in [7, 11) is -3.38. The molecule has 4 nitrogen and oxygen atoms in total. The molecule has 0 spiro atoms. The summed E-state index contributed by atoms with van der Waals surface area (Å²) in [5, 5.41) is -0.0949. The SMILES string of the molecule is [CH2]S(=O)(=O)c1ncc[nH]1. The van der Waals surface area contributed by atoms with Gasteiger partial charge in [-0.25, -0.2) is 13.4 Å². The number of hydrogen-bond acceptors (Lipinski definition) is 3. The Hall–Kier alpha value is -0.840. The number of aromatic amines is 1. The van der Waals surface area contributed by atoms with Crippen LogP contribution in [0, 0.1) is 6.26 Å². The van der Waals surface area contributed by atoms with Gasteiger partial charge in [0.05, 0.1) is 6.26 Å². The Kier molecular flexibility index (Phi) is 1.28. The van der Waals surface area contributed by atoms with Gasteiger partial charge in [0, 0.05) is 12.4 Å². The molecule has 5 heteroatoms. The lowest BCUT2D eigenvalue weighted by molar-refractivity contribution is 0.597. The van der Waals surface area contributed by atoms with Crippen LogP contribution in [0.4, 0.5) is 0 Å². The van der Waals surface area contributed by atoms with Crippen LogP contribution in [0.25, 0.3) is 0 Å². The van der Waals surface area contributed by atoms with Crippen molar-refractivity contribution in [3.05, 3.63) is 18.6 Å². The van der Waals surface area contributed by atoms with Crippen LogP contribution in [0.1, 0.15) is 0 Å². The van der Waals surface area contributed by atoms with Crippen molar-refractivity contribution < 1.29 is 8.42 Å². The number of H-pyrrole nitrogens is 1. The maximum atomic E-state index is 10.5. The molecule has 1 radical (unpaired) electrons. The molecule has 0 aliphatic carbocycles. The summed E-state index contributed by atoms with van der Waals surface area (Å²) >= 11 is 0. The molecule has 0 unspecified atom stereocenters. The van der Waals surface area contributed by atoms with E-state index < -0.39 is 9.84 Å². The fourth-order valence-electron chi connectivity index (χ4n) is 0.421. The number of rotatable bonds is 1. The molecule has 1 rings (SSSR count). The van der Waals surface area contributed by atoms with E-state index in [4.69, 9.17) is 0 Å². The van der Waals surface area contributed by atoms with Gasteiger partial charge in [0.1, 0.15) is 0 Å². The minimum absolute atomic E-state index is 0.0949. The third-order valence-electron chi connectivity index (χ3n) is 0.768. The van der Waals surface area contributed by atoms with E-state index in [1.54, 1.807) is 0 Å². The standard InChI is InChI=1S/C4H5N2O2S/c1-9(7,8)4-5-2-3-6-4/h2-3H,1H2,(H,5,6). The fourth-order valence-corrected chi connectivity index (χ4v) is 0.890. The second kappa shape index (κ2) is 1.84. The van der Waals surface area contributed by atoms with Crippen LogP contribution in [0.3, 0.4) is 0 Å². The minimum atomic E-state index is -3.38. The van der Waals surface area contributed by atoms with E-state index in [1.807, 2.05) is 0 Å². The Morgan fingerprint density at radius 3 is 2.56 bits per heavy atom. The lowest BCUT2D eigenvalue weighted by Crippen LogP contribution is -1.95. The van der Waals surface area contributed by atoms with Gasteiger partial charge in [0.25, 0.3) is 0 Å². The lowest BCUT2D eigenvalue weighted by atomic mass is 11.0. The highest BCUT2D eigenvalue weighted by atomic mass is 32.2. The molecule has 0 aliphatic heterocycles. The zero-order valence-corrected chi connectivity index (χ0v) is 5.35. The summed E-state index contributed by atoms with van der Waals surface area (Å²) in [6.07, 6.45) is 5.68. The zero-order valence-electron chi connectivity index (χ0n) is 4.53. The van der Waals surface area contributed by atoms with Crippen LogP contribution >= 0.6 is 0 Å². The molecule has 49 valence electrons. The van der Waals surface area contributed by atoms with E-state index in [0.717, 1.165) is 0 Å². The first-order valence-electron chi connectivity index (χ1n) is 2.18. The topological polar surface area (TPSA) is 62.8 Å². The summed E-state index contributed by atoms with van der Waals surface area (Å²) < 4.78 is 21.0. The van der Waals surface area contributed by atoms with Crippen LogP contribution in [-0.4, -0.2) is 18.4 Å². The summed E-state index contributed by atoms with van der Waals surface area (Å²) in [6.45, 7) is 0. The normalized spacial score (nSPS) is 11.7. The molecule has 1 N–H and O–H groups in total. The Morgan fingerprint density at radius 2 is 2.33 bits per heavy atom. The summed E-state index contributed by atoms with van der Waals surface area (Å²) in [4.78, 5) is 5.90. The van der Waals surface area contributed by atoms with Gasteiger partial charge in [-0.05, 0) is 0 Å². The fraction of sp³-hybridized carbons (Fsp3) is 0. The number of sulfone groups is 1. The molecule has 1 aromatic heterocycles. The largest absolute Gasteiger partial charge is 0.336 e. The van der Waals surface area contributed by atoms with E-state index in [2.05, 4.69) is 16.2 Å². The predicted octanol–water partition coefficient (Wildman–Crippen LogP) is -0.0250. The number of nitrogens with one attached hydrogen (secondary N) is 1. The van der Waals surface area contributed by atoms with Gasteiger partial charge in [0.2, 0.25) is 15.0 Å². The van der Waals surface area contributed by atoms with Crippen LogP contribution in [0.15, 0.2) is 17.6 Å². The van der Waals surface area contributed by atoms with Gasteiger partial charge >= 0.3 is 0 Å². The van der Waals surface area contributed by atoms with Gasteiger partial charge in [-0.3, -0.25) is 0 Å². The highest BCUT2D eigenvalue weighted by molar-refractivity contribution is 7.92. The zero-order chi connectivity index (χ0) is 6.91. The van der Waals surface area contributed by atoms with E-state index in [9.17, 15) is 8.42 Å². The molecule has 0 fully saturated rings. The van der Waals surface area contributed by atoms with Crippen molar-refractivity contribution in [3.63, 3.8) is 0 Å². The van der Waals surface area contributed by atoms with Crippen molar-refractivity contribution in [1.29, 1.82) is 0 Å². The summed E-state index contributed by atoms with van der Waals surface area (Å²) in [5.74, 6) is 0. The molecule has 0 aromatic carbocycles. The van der Waals surface area contributed by atoms with Crippen molar-refractivity contribution in [2.45, 2.75) is 5.16 Å². The molecule has 1 aromatic rings. The van der Waals surface area contributed by atoms with Crippen LogP contribution < -0.4 is 0 Å². The number of hydrogen-bond donors (Lipinski definition) is 1. The first kappa shape index (κ1) is 6.28. The van der Waals surface area contributed by atoms with Crippen molar-refractivity contribution in [2.24, 2.45) is 0 Å². The minimum Gasteiger partial charge on any atom is -0.336 e. The molecule has 0 saturated heterocycles.